The predicted octanol–water partition coefficient (Wildman–Crippen LogP) is 4.06. The molecule has 0 aliphatic heterocycles. The lowest BCUT2D eigenvalue weighted by molar-refractivity contribution is 0.937. The van der Waals surface area contributed by atoms with E-state index in [-0.39, 0.29) is 0 Å². The van der Waals surface area contributed by atoms with Crippen LogP contribution in [0.25, 0.3) is 0 Å². The van der Waals surface area contributed by atoms with Gasteiger partial charge in [-0.15, -0.1) is 5.10 Å². The Bertz CT molecular complexity index is 822. The van der Waals surface area contributed by atoms with Gasteiger partial charge < -0.3 is 10.6 Å². The molecule has 0 saturated heterocycles. The molecule has 5 nitrogen and oxygen atoms in total. The molecule has 2 aromatic carbocycles. The van der Waals surface area contributed by atoms with Crippen molar-refractivity contribution in [3.8, 4) is 0 Å². The van der Waals surface area contributed by atoms with Crippen LogP contribution < -0.4 is 10.6 Å². The van der Waals surface area contributed by atoms with Crippen LogP contribution >= 0.6 is 11.6 Å². The minimum Gasteiger partial charge on any atom is -0.365 e. The monoisotopic (exact) mass is 339 g/mol. The van der Waals surface area contributed by atoms with Crippen molar-refractivity contribution in [2.75, 3.05) is 10.6 Å². The van der Waals surface area contributed by atoms with Gasteiger partial charge in [0.15, 0.2) is 5.82 Å². The molecular formula is C18H18ClN5. The zero-order valence-electron chi connectivity index (χ0n) is 13.3. The highest BCUT2D eigenvalue weighted by atomic mass is 35.5. The summed E-state index contributed by atoms with van der Waals surface area (Å²) in [6, 6.07) is 16.0. The first-order chi connectivity index (χ1) is 11.7. The van der Waals surface area contributed by atoms with E-state index < -0.39 is 0 Å². The highest BCUT2D eigenvalue weighted by Crippen LogP contribution is 2.16. The van der Waals surface area contributed by atoms with E-state index >= 15 is 0 Å². The number of hydrogen-bond acceptors (Lipinski definition) is 5. The lowest BCUT2D eigenvalue weighted by atomic mass is 10.1. The van der Waals surface area contributed by atoms with E-state index in [1.807, 2.05) is 30.3 Å². The van der Waals surface area contributed by atoms with Crippen LogP contribution in [0.15, 0.2) is 54.7 Å². The lowest BCUT2D eigenvalue weighted by Crippen LogP contribution is -2.08. The number of rotatable bonds is 6. The van der Waals surface area contributed by atoms with Crippen LogP contribution in [0.3, 0.4) is 0 Å². The van der Waals surface area contributed by atoms with Crippen molar-refractivity contribution in [2.45, 2.75) is 20.0 Å². The lowest BCUT2D eigenvalue weighted by Gasteiger charge is -2.09. The third-order valence-electron chi connectivity index (χ3n) is 3.51. The molecule has 6 heteroatoms. The third kappa shape index (κ3) is 4.43. The zero-order valence-corrected chi connectivity index (χ0v) is 14.1. The van der Waals surface area contributed by atoms with Crippen LogP contribution in [0.5, 0.6) is 0 Å². The van der Waals surface area contributed by atoms with E-state index in [0.29, 0.717) is 29.9 Å². The molecule has 2 N–H and O–H groups in total. The Morgan fingerprint density at radius 3 is 2.71 bits per heavy atom. The van der Waals surface area contributed by atoms with Crippen molar-refractivity contribution in [3.63, 3.8) is 0 Å². The maximum Gasteiger partial charge on any atom is 0.244 e. The Labute approximate surface area is 146 Å². The van der Waals surface area contributed by atoms with Gasteiger partial charge in [-0.3, -0.25) is 0 Å². The van der Waals surface area contributed by atoms with Crippen molar-refractivity contribution < 1.29 is 0 Å². The van der Waals surface area contributed by atoms with Crippen molar-refractivity contribution in [1.82, 2.24) is 15.2 Å². The fourth-order valence-corrected chi connectivity index (χ4v) is 2.50. The molecule has 24 heavy (non-hydrogen) atoms. The van der Waals surface area contributed by atoms with Crippen molar-refractivity contribution in [1.29, 1.82) is 0 Å². The van der Waals surface area contributed by atoms with E-state index in [1.165, 1.54) is 11.1 Å². The summed E-state index contributed by atoms with van der Waals surface area (Å²) >= 11 is 6.14. The summed E-state index contributed by atoms with van der Waals surface area (Å²) in [7, 11) is 0. The molecule has 0 saturated carbocycles. The van der Waals surface area contributed by atoms with Gasteiger partial charge in [0.25, 0.3) is 0 Å². The first-order valence-electron chi connectivity index (χ1n) is 7.67. The first kappa shape index (κ1) is 16.2. The van der Waals surface area contributed by atoms with Crippen LogP contribution in [-0.2, 0) is 13.1 Å². The van der Waals surface area contributed by atoms with Gasteiger partial charge >= 0.3 is 0 Å². The van der Waals surface area contributed by atoms with Crippen LogP contribution in [0.4, 0.5) is 11.8 Å². The Balaban J connectivity index is 1.60. The second-order valence-electron chi connectivity index (χ2n) is 5.45. The molecule has 0 bridgehead atoms. The van der Waals surface area contributed by atoms with E-state index in [1.54, 1.807) is 6.20 Å². The molecule has 1 heterocycles. The Morgan fingerprint density at radius 1 is 1.00 bits per heavy atom. The van der Waals surface area contributed by atoms with Crippen LogP contribution in [0.2, 0.25) is 5.02 Å². The van der Waals surface area contributed by atoms with Gasteiger partial charge in [-0.25, -0.2) is 0 Å². The van der Waals surface area contributed by atoms with Gasteiger partial charge in [0.1, 0.15) is 0 Å². The molecule has 3 rings (SSSR count). The molecule has 122 valence electrons. The Hall–Kier alpha value is -2.66. The standard InChI is InChI=1S/C18H18ClN5/c1-13-5-4-6-14(9-13)10-20-17-12-22-24-18(23-17)21-11-15-7-2-3-8-16(15)19/h2-9,12H,10-11H2,1H3,(H2,20,21,23,24). The zero-order chi connectivity index (χ0) is 16.8. The summed E-state index contributed by atoms with van der Waals surface area (Å²) in [5, 5.41) is 15.1. The number of nitrogens with zero attached hydrogens (tertiary/aromatic N) is 3. The molecular weight excluding hydrogens is 322 g/mol. The largest absolute Gasteiger partial charge is 0.365 e. The van der Waals surface area contributed by atoms with E-state index in [9.17, 15) is 0 Å². The molecule has 3 aromatic rings. The van der Waals surface area contributed by atoms with E-state index in [4.69, 9.17) is 11.6 Å². The summed E-state index contributed by atoms with van der Waals surface area (Å²) in [6.45, 7) is 3.31. The highest BCUT2D eigenvalue weighted by molar-refractivity contribution is 6.31. The average molecular weight is 340 g/mol. The van der Waals surface area contributed by atoms with Crippen LogP contribution in [0, 0.1) is 6.92 Å². The SMILES string of the molecule is Cc1cccc(CNc2cnnc(NCc3ccccc3Cl)n2)c1. The summed E-state index contributed by atoms with van der Waals surface area (Å²) in [6.07, 6.45) is 1.61. The predicted molar refractivity (Wildman–Crippen MR) is 97.1 cm³/mol. The van der Waals surface area contributed by atoms with E-state index in [0.717, 1.165) is 5.56 Å². The van der Waals surface area contributed by atoms with Crippen molar-refractivity contribution in [2.24, 2.45) is 0 Å². The molecule has 0 fully saturated rings. The smallest absolute Gasteiger partial charge is 0.244 e. The maximum atomic E-state index is 6.14. The number of hydrogen-bond donors (Lipinski definition) is 2. The summed E-state index contributed by atoms with van der Waals surface area (Å²) in [5.41, 5.74) is 3.41. The fourth-order valence-electron chi connectivity index (χ4n) is 2.29. The maximum absolute atomic E-state index is 6.14. The summed E-state index contributed by atoms with van der Waals surface area (Å²) in [4.78, 5) is 4.42. The minimum absolute atomic E-state index is 0.462. The number of aryl methyl sites for hydroxylation is 1. The van der Waals surface area contributed by atoms with Gasteiger partial charge in [0, 0.05) is 18.1 Å². The molecule has 0 radical (unpaired) electrons. The van der Waals surface area contributed by atoms with E-state index in [2.05, 4.69) is 50.9 Å². The number of benzene rings is 2. The van der Waals surface area contributed by atoms with Crippen LogP contribution in [-0.4, -0.2) is 15.2 Å². The van der Waals surface area contributed by atoms with Crippen molar-refractivity contribution >= 4 is 23.4 Å². The molecule has 0 spiro atoms. The van der Waals surface area contributed by atoms with Crippen LogP contribution in [0.1, 0.15) is 16.7 Å². The second-order valence-corrected chi connectivity index (χ2v) is 5.86. The highest BCUT2D eigenvalue weighted by Gasteiger charge is 2.03. The van der Waals surface area contributed by atoms with Gasteiger partial charge in [0.2, 0.25) is 5.95 Å². The topological polar surface area (TPSA) is 62.7 Å². The fraction of sp³-hybridized carbons (Fsp3) is 0.167. The number of nitrogens with one attached hydrogen (secondary N) is 2. The molecule has 1 aromatic heterocycles. The number of anilines is 2. The number of halogens is 1. The van der Waals surface area contributed by atoms with Gasteiger partial charge in [0.05, 0.1) is 6.20 Å². The first-order valence-corrected chi connectivity index (χ1v) is 8.05. The average Bonchev–Trinajstić information content (AvgIpc) is 2.60. The normalized spacial score (nSPS) is 10.4. The summed E-state index contributed by atoms with van der Waals surface area (Å²) in [5.74, 6) is 1.14. The van der Waals surface area contributed by atoms with Crippen molar-refractivity contribution in [3.05, 3.63) is 76.4 Å². The molecule has 0 unspecified atom stereocenters. The third-order valence-corrected chi connectivity index (χ3v) is 3.88. The Kier molecular flexibility index (Phi) is 5.23. The molecule has 0 atom stereocenters. The summed E-state index contributed by atoms with van der Waals surface area (Å²) < 4.78 is 0. The van der Waals surface area contributed by atoms with Gasteiger partial charge in [-0.05, 0) is 24.1 Å². The molecule has 0 amide bonds. The molecule has 0 aliphatic carbocycles. The van der Waals surface area contributed by atoms with Gasteiger partial charge in [-0.2, -0.15) is 10.1 Å². The second kappa shape index (κ2) is 7.75. The number of aromatic nitrogens is 3. The minimum atomic E-state index is 0.462. The van der Waals surface area contributed by atoms with Gasteiger partial charge in [-0.1, -0.05) is 59.6 Å². The quantitative estimate of drug-likeness (QED) is 0.709. The Morgan fingerprint density at radius 2 is 1.88 bits per heavy atom. The molecule has 0 aliphatic rings.